The van der Waals surface area contributed by atoms with Gasteiger partial charge in [0.1, 0.15) is 5.82 Å². The van der Waals surface area contributed by atoms with Gasteiger partial charge in [-0.25, -0.2) is 9.97 Å². The van der Waals surface area contributed by atoms with Crippen molar-refractivity contribution in [2.24, 2.45) is 11.8 Å². The molecule has 0 unspecified atom stereocenters. The lowest BCUT2D eigenvalue weighted by Gasteiger charge is -2.35. The maximum absolute atomic E-state index is 13.5. The van der Waals surface area contributed by atoms with Crippen LogP contribution in [0.2, 0.25) is 0 Å². The molecular weight excluding hydrogens is 414 g/mol. The van der Waals surface area contributed by atoms with Crippen molar-refractivity contribution in [3.63, 3.8) is 0 Å². The molecule has 2 aliphatic rings. The standard InChI is InChI=1S/C23H31N5O2.ClH/c1-5-8-30-20-7-6-14(2)26-22(20)23(29)28-13-18-9-17(18)10-19(28)11-25-21-12-24-15(3)16(4)27-21;/h6-7,12,17-19H,5,8-11,13H2,1-4H3,(H,25,27);1H/t17-,18+,19+;/m1./s1. The molecule has 1 aliphatic carbocycles. The first kappa shape index (κ1) is 23.3. The molecule has 0 radical (unpaired) electrons. The lowest BCUT2D eigenvalue weighted by Crippen LogP contribution is -2.48. The van der Waals surface area contributed by atoms with Crippen molar-refractivity contribution in [2.75, 3.05) is 25.0 Å². The molecule has 168 valence electrons. The van der Waals surface area contributed by atoms with Crippen LogP contribution < -0.4 is 10.1 Å². The average molecular weight is 446 g/mol. The second-order valence-electron chi connectivity index (χ2n) is 8.56. The fourth-order valence-corrected chi connectivity index (χ4v) is 4.15. The van der Waals surface area contributed by atoms with E-state index in [0.29, 0.717) is 30.5 Å². The van der Waals surface area contributed by atoms with Gasteiger partial charge in [0.05, 0.1) is 24.2 Å². The average Bonchev–Trinajstić information content (AvgIpc) is 3.51. The minimum absolute atomic E-state index is 0. The number of aromatic nitrogens is 3. The van der Waals surface area contributed by atoms with Gasteiger partial charge in [-0.3, -0.25) is 9.78 Å². The highest BCUT2D eigenvalue weighted by Crippen LogP contribution is 2.47. The Morgan fingerprint density at radius 3 is 2.71 bits per heavy atom. The monoisotopic (exact) mass is 445 g/mol. The number of fused-ring (bicyclic) bond motifs is 1. The van der Waals surface area contributed by atoms with Crippen LogP contribution in [0, 0.1) is 32.6 Å². The summed E-state index contributed by atoms with van der Waals surface area (Å²) in [7, 11) is 0. The summed E-state index contributed by atoms with van der Waals surface area (Å²) in [4.78, 5) is 29.0. The van der Waals surface area contributed by atoms with Crippen molar-refractivity contribution in [3.8, 4) is 5.75 Å². The second-order valence-corrected chi connectivity index (χ2v) is 8.56. The van der Waals surface area contributed by atoms with Gasteiger partial charge in [0.15, 0.2) is 11.4 Å². The molecule has 7 nitrogen and oxygen atoms in total. The highest BCUT2D eigenvalue weighted by molar-refractivity contribution is 5.95. The Bertz CT molecular complexity index is 938. The van der Waals surface area contributed by atoms with E-state index in [2.05, 4.69) is 27.2 Å². The van der Waals surface area contributed by atoms with Crippen molar-refractivity contribution in [3.05, 3.63) is 41.1 Å². The molecule has 3 heterocycles. The van der Waals surface area contributed by atoms with Gasteiger partial charge in [0.2, 0.25) is 0 Å². The molecule has 1 saturated heterocycles. The minimum Gasteiger partial charge on any atom is -0.491 e. The van der Waals surface area contributed by atoms with Crippen LogP contribution >= 0.6 is 12.4 Å². The normalized spacial score (nSPS) is 21.7. The zero-order valence-electron chi connectivity index (χ0n) is 18.7. The number of anilines is 1. The topological polar surface area (TPSA) is 80.2 Å². The zero-order chi connectivity index (χ0) is 21.3. The molecule has 4 rings (SSSR count). The molecule has 2 fully saturated rings. The highest BCUT2D eigenvalue weighted by atomic mass is 35.5. The van der Waals surface area contributed by atoms with Crippen LogP contribution in [0.15, 0.2) is 18.3 Å². The summed E-state index contributed by atoms with van der Waals surface area (Å²) in [6, 6.07) is 3.87. The molecule has 1 N–H and O–H groups in total. The van der Waals surface area contributed by atoms with Gasteiger partial charge < -0.3 is 15.0 Å². The predicted molar refractivity (Wildman–Crippen MR) is 123 cm³/mol. The maximum atomic E-state index is 13.5. The van der Waals surface area contributed by atoms with Crippen LogP contribution in [0.5, 0.6) is 5.75 Å². The van der Waals surface area contributed by atoms with Gasteiger partial charge in [-0.2, -0.15) is 0 Å². The van der Waals surface area contributed by atoms with E-state index in [0.717, 1.165) is 48.2 Å². The number of aryl methyl sites for hydroxylation is 3. The molecule has 2 aromatic heterocycles. The predicted octanol–water partition coefficient (Wildman–Crippen LogP) is 3.97. The third kappa shape index (κ3) is 5.26. The number of carbonyl (C=O) groups is 1. The van der Waals surface area contributed by atoms with Gasteiger partial charge in [-0.15, -0.1) is 12.4 Å². The first-order valence-electron chi connectivity index (χ1n) is 10.9. The highest BCUT2D eigenvalue weighted by Gasteiger charge is 2.47. The summed E-state index contributed by atoms with van der Waals surface area (Å²) < 4.78 is 5.84. The minimum atomic E-state index is -0.0341. The number of hydrogen-bond acceptors (Lipinski definition) is 6. The molecule has 3 atom stereocenters. The van der Waals surface area contributed by atoms with E-state index in [1.54, 1.807) is 6.20 Å². The first-order valence-corrected chi connectivity index (χ1v) is 10.9. The number of carbonyl (C=O) groups excluding carboxylic acids is 1. The number of piperidine rings is 1. The van der Waals surface area contributed by atoms with Crippen LogP contribution in [0.3, 0.4) is 0 Å². The Labute approximate surface area is 190 Å². The number of nitrogens with one attached hydrogen (secondary N) is 1. The Kier molecular flexibility index (Phi) is 7.36. The van der Waals surface area contributed by atoms with Crippen LogP contribution in [0.1, 0.15) is 53.8 Å². The Morgan fingerprint density at radius 2 is 1.97 bits per heavy atom. The second kappa shape index (κ2) is 9.81. The molecule has 1 amide bonds. The Hall–Kier alpha value is -2.41. The number of nitrogens with zero attached hydrogens (tertiary/aromatic N) is 4. The largest absolute Gasteiger partial charge is 0.491 e. The third-order valence-electron chi connectivity index (χ3n) is 6.15. The summed E-state index contributed by atoms with van der Waals surface area (Å²) in [5, 5.41) is 3.40. The Morgan fingerprint density at radius 1 is 1.16 bits per heavy atom. The van der Waals surface area contributed by atoms with Crippen LogP contribution in [0.4, 0.5) is 5.82 Å². The van der Waals surface area contributed by atoms with Crippen molar-refractivity contribution >= 4 is 24.1 Å². The van der Waals surface area contributed by atoms with E-state index in [1.807, 2.05) is 37.8 Å². The lowest BCUT2D eigenvalue weighted by atomic mass is 10.0. The van der Waals surface area contributed by atoms with Gasteiger partial charge in [0, 0.05) is 24.8 Å². The van der Waals surface area contributed by atoms with Gasteiger partial charge in [-0.1, -0.05) is 6.92 Å². The summed E-state index contributed by atoms with van der Waals surface area (Å²) in [5.74, 6) is 2.65. The van der Waals surface area contributed by atoms with E-state index in [-0.39, 0.29) is 24.4 Å². The molecule has 1 aliphatic heterocycles. The summed E-state index contributed by atoms with van der Waals surface area (Å²) >= 11 is 0. The van der Waals surface area contributed by atoms with E-state index in [1.165, 1.54) is 6.42 Å². The van der Waals surface area contributed by atoms with Crippen molar-refractivity contribution in [1.29, 1.82) is 0 Å². The Balaban J connectivity index is 0.00000272. The molecule has 0 spiro atoms. The lowest BCUT2D eigenvalue weighted by molar-refractivity contribution is 0.0605. The van der Waals surface area contributed by atoms with E-state index in [4.69, 9.17) is 4.74 Å². The molecule has 31 heavy (non-hydrogen) atoms. The number of halogens is 1. The molecule has 0 bridgehead atoms. The zero-order valence-corrected chi connectivity index (χ0v) is 19.5. The maximum Gasteiger partial charge on any atom is 0.276 e. The van der Waals surface area contributed by atoms with Crippen LogP contribution in [-0.4, -0.2) is 51.5 Å². The molecule has 1 saturated carbocycles. The fraction of sp³-hybridized carbons (Fsp3) is 0.565. The summed E-state index contributed by atoms with van der Waals surface area (Å²) in [6.45, 7) is 9.89. The number of hydrogen-bond donors (Lipinski definition) is 1. The number of amides is 1. The molecule has 2 aromatic rings. The smallest absolute Gasteiger partial charge is 0.276 e. The molecule has 8 heteroatoms. The van der Waals surface area contributed by atoms with Crippen LogP contribution in [-0.2, 0) is 0 Å². The van der Waals surface area contributed by atoms with Crippen molar-refractivity contribution in [1.82, 2.24) is 19.9 Å². The summed E-state index contributed by atoms with van der Waals surface area (Å²) in [5.41, 5.74) is 3.10. The number of ether oxygens (including phenoxy) is 1. The van der Waals surface area contributed by atoms with Gasteiger partial charge >= 0.3 is 0 Å². The number of rotatable bonds is 7. The number of pyridine rings is 1. The molecular formula is C23H32ClN5O2. The van der Waals surface area contributed by atoms with Crippen molar-refractivity contribution in [2.45, 2.75) is 53.0 Å². The molecule has 0 aromatic carbocycles. The van der Waals surface area contributed by atoms with E-state index in [9.17, 15) is 4.79 Å². The number of likely N-dealkylation sites (tertiary alicyclic amines) is 1. The first-order chi connectivity index (χ1) is 14.5. The third-order valence-corrected chi connectivity index (χ3v) is 6.15. The van der Waals surface area contributed by atoms with E-state index >= 15 is 0 Å². The summed E-state index contributed by atoms with van der Waals surface area (Å²) in [6.07, 6.45) is 4.87. The quantitative estimate of drug-likeness (QED) is 0.694. The fourth-order valence-electron chi connectivity index (χ4n) is 4.15. The van der Waals surface area contributed by atoms with E-state index < -0.39 is 0 Å². The van der Waals surface area contributed by atoms with Gasteiger partial charge in [0.25, 0.3) is 5.91 Å². The SMILES string of the molecule is CCCOc1ccc(C)nc1C(=O)N1C[C@@H]2C[C@@H]2C[C@H]1CNc1cnc(C)c(C)n1.Cl. The van der Waals surface area contributed by atoms with Gasteiger partial charge in [-0.05, 0) is 64.0 Å². The van der Waals surface area contributed by atoms with Crippen molar-refractivity contribution < 1.29 is 9.53 Å². The van der Waals surface area contributed by atoms with Crippen LogP contribution in [0.25, 0.3) is 0 Å².